The average molecular weight is 331 g/mol. The lowest BCUT2D eigenvalue weighted by molar-refractivity contribution is -0.137. The molecule has 1 aliphatic carbocycles. The highest BCUT2D eigenvalue weighted by molar-refractivity contribution is 5.85. The van der Waals surface area contributed by atoms with Gasteiger partial charge in [-0.2, -0.15) is 0 Å². The second-order valence-corrected chi connectivity index (χ2v) is 8.03. The van der Waals surface area contributed by atoms with Gasteiger partial charge in [0.25, 0.3) is 0 Å². The minimum absolute atomic E-state index is 0.143. The predicted molar refractivity (Wildman–Crippen MR) is 95.4 cm³/mol. The zero-order valence-corrected chi connectivity index (χ0v) is 15.1. The monoisotopic (exact) mass is 331 g/mol. The summed E-state index contributed by atoms with van der Waals surface area (Å²) in [4.78, 5) is 15.3. The number of nitrogens with zero attached hydrogens (tertiary/aromatic N) is 1. The lowest BCUT2D eigenvalue weighted by Gasteiger charge is -2.31. The molecular formula is C21H30FNO. The summed E-state index contributed by atoms with van der Waals surface area (Å²) >= 11 is 0. The van der Waals surface area contributed by atoms with Crippen LogP contribution >= 0.6 is 0 Å². The third-order valence-corrected chi connectivity index (χ3v) is 6.05. The van der Waals surface area contributed by atoms with Crippen molar-refractivity contribution in [3.05, 3.63) is 35.1 Å². The Balaban J connectivity index is 1.73. The first-order valence-corrected chi connectivity index (χ1v) is 9.56. The van der Waals surface area contributed by atoms with Crippen LogP contribution in [0.1, 0.15) is 69.4 Å². The Bertz CT molecular complexity index is 592. The van der Waals surface area contributed by atoms with Crippen molar-refractivity contribution in [1.29, 1.82) is 0 Å². The lowest BCUT2D eigenvalue weighted by Crippen LogP contribution is -2.41. The van der Waals surface area contributed by atoms with E-state index in [9.17, 15) is 9.18 Å². The van der Waals surface area contributed by atoms with Crippen molar-refractivity contribution in [2.75, 3.05) is 6.54 Å². The van der Waals surface area contributed by atoms with Crippen molar-refractivity contribution in [1.82, 2.24) is 4.90 Å². The first-order valence-electron chi connectivity index (χ1n) is 9.56. The molecule has 1 aromatic rings. The molecule has 3 heteroatoms. The number of amides is 1. The van der Waals surface area contributed by atoms with Gasteiger partial charge in [0, 0.05) is 12.6 Å². The molecule has 0 bridgehead atoms. The highest BCUT2D eigenvalue weighted by Gasteiger charge is 2.45. The standard InChI is InChI=1S/C21H30FNO/c1-16-9-8-10-17(19(16)22)15-21(2)13-14-23(20(21)24)18-11-6-4-3-5-7-12-18/h8-10,18H,3-7,11-15H2,1-2H3. The Hall–Kier alpha value is -1.38. The van der Waals surface area contributed by atoms with Gasteiger partial charge < -0.3 is 4.90 Å². The number of benzene rings is 1. The van der Waals surface area contributed by atoms with E-state index >= 15 is 0 Å². The number of halogens is 1. The van der Waals surface area contributed by atoms with Crippen LogP contribution in [0.25, 0.3) is 0 Å². The molecule has 0 aromatic heterocycles. The van der Waals surface area contributed by atoms with E-state index in [2.05, 4.69) is 4.90 Å². The molecule has 3 rings (SSSR count). The van der Waals surface area contributed by atoms with E-state index in [0.717, 1.165) is 25.8 Å². The molecule has 1 aliphatic heterocycles. The molecule has 1 aromatic carbocycles. The number of rotatable bonds is 3. The van der Waals surface area contributed by atoms with Gasteiger partial charge in [-0.3, -0.25) is 4.79 Å². The molecule has 132 valence electrons. The van der Waals surface area contributed by atoms with Gasteiger partial charge in [-0.15, -0.1) is 0 Å². The number of likely N-dealkylation sites (tertiary alicyclic amines) is 1. The summed E-state index contributed by atoms with van der Waals surface area (Å²) in [5.74, 6) is 0.102. The van der Waals surface area contributed by atoms with Crippen molar-refractivity contribution in [3.63, 3.8) is 0 Å². The Morgan fingerprint density at radius 3 is 2.54 bits per heavy atom. The normalized spacial score (nSPS) is 26.5. The molecule has 1 amide bonds. The summed E-state index contributed by atoms with van der Waals surface area (Å²) in [6.45, 7) is 4.66. The third-order valence-electron chi connectivity index (χ3n) is 6.05. The number of hydrogen-bond acceptors (Lipinski definition) is 1. The molecule has 2 aliphatic rings. The fourth-order valence-corrected chi connectivity index (χ4v) is 4.45. The molecule has 0 spiro atoms. The average Bonchev–Trinajstić information content (AvgIpc) is 2.80. The van der Waals surface area contributed by atoms with Crippen LogP contribution in [0, 0.1) is 18.2 Å². The van der Waals surface area contributed by atoms with Gasteiger partial charge in [-0.25, -0.2) is 4.39 Å². The smallest absolute Gasteiger partial charge is 0.229 e. The van der Waals surface area contributed by atoms with Gasteiger partial charge >= 0.3 is 0 Å². The summed E-state index contributed by atoms with van der Waals surface area (Å²) in [7, 11) is 0. The highest BCUT2D eigenvalue weighted by atomic mass is 19.1. The number of carbonyl (C=O) groups excluding carboxylic acids is 1. The number of hydrogen-bond donors (Lipinski definition) is 0. The summed E-state index contributed by atoms with van der Waals surface area (Å²) in [6, 6.07) is 5.92. The Kier molecular flexibility index (Phi) is 5.27. The van der Waals surface area contributed by atoms with E-state index < -0.39 is 5.41 Å². The Labute approximate surface area is 145 Å². The maximum atomic E-state index is 14.4. The Morgan fingerprint density at radius 2 is 1.83 bits per heavy atom. The first-order chi connectivity index (χ1) is 11.5. The maximum Gasteiger partial charge on any atom is 0.229 e. The van der Waals surface area contributed by atoms with Crippen LogP contribution in [0.3, 0.4) is 0 Å². The molecule has 1 atom stereocenters. The van der Waals surface area contributed by atoms with E-state index in [4.69, 9.17) is 0 Å². The number of carbonyl (C=O) groups is 1. The number of aryl methyl sites for hydroxylation is 1. The van der Waals surface area contributed by atoms with Crippen molar-refractivity contribution in [2.24, 2.45) is 5.41 Å². The first kappa shape index (κ1) is 17.4. The van der Waals surface area contributed by atoms with Gasteiger partial charge in [0.15, 0.2) is 0 Å². The van der Waals surface area contributed by atoms with E-state index in [1.807, 2.05) is 19.1 Å². The maximum absolute atomic E-state index is 14.4. The molecule has 0 radical (unpaired) electrons. The van der Waals surface area contributed by atoms with Gasteiger partial charge in [-0.05, 0) is 43.7 Å². The predicted octanol–water partition coefficient (Wildman–Crippen LogP) is 5.03. The molecule has 1 saturated heterocycles. The fraction of sp³-hybridized carbons (Fsp3) is 0.667. The second-order valence-electron chi connectivity index (χ2n) is 8.03. The second kappa shape index (κ2) is 7.25. The van der Waals surface area contributed by atoms with Crippen molar-refractivity contribution in [2.45, 2.75) is 77.7 Å². The van der Waals surface area contributed by atoms with Crippen molar-refractivity contribution in [3.8, 4) is 0 Å². The zero-order valence-electron chi connectivity index (χ0n) is 15.1. The highest BCUT2D eigenvalue weighted by Crippen LogP contribution is 2.38. The summed E-state index contributed by atoms with van der Waals surface area (Å²) in [5.41, 5.74) is 0.903. The molecule has 1 heterocycles. The Morgan fingerprint density at radius 1 is 1.17 bits per heavy atom. The van der Waals surface area contributed by atoms with Crippen molar-refractivity contribution >= 4 is 5.91 Å². The van der Waals surface area contributed by atoms with E-state index in [-0.39, 0.29) is 11.7 Å². The van der Waals surface area contributed by atoms with Crippen LogP contribution in [-0.4, -0.2) is 23.4 Å². The van der Waals surface area contributed by atoms with Crippen LogP contribution in [0.5, 0.6) is 0 Å². The topological polar surface area (TPSA) is 20.3 Å². The molecule has 2 nitrogen and oxygen atoms in total. The quantitative estimate of drug-likeness (QED) is 0.761. The summed E-state index contributed by atoms with van der Waals surface area (Å²) in [6.07, 6.45) is 10.0. The van der Waals surface area contributed by atoms with Crippen LogP contribution in [0.4, 0.5) is 4.39 Å². The molecule has 1 saturated carbocycles. The third kappa shape index (κ3) is 3.50. The minimum atomic E-state index is -0.447. The summed E-state index contributed by atoms with van der Waals surface area (Å²) < 4.78 is 14.4. The van der Waals surface area contributed by atoms with Gasteiger partial charge in [-0.1, -0.05) is 57.2 Å². The van der Waals surface area contributed by atoms with Gasteiger partial charge in [0.1, 0.15) is 5.82 Å². The SMILES string of the molecule is Cc1cccc(CC2(C)CCN(C3CCCCCCC3)C2=O)c1F. The van der Waals surface area contributed by atoms with Crippen LogP contribution < -0.4 is 0 Å². The van der Waals surface area contributed by atoms with Gasteiger partial charge in [0.2, 0.25) is 5.91 Å². The lowest BCUT2D eigenvalue weighted by atomic mass is 9.81. The van der Waals surface area contributed by atoms with E-state index in [1.165, 1.54) is 32.1 Å². The molecule has 0 N–H and O–H groups in total. The molecule has 2 fully saturated rings. The van der Waals surface area contributed by atoms with E-state index in [0.29, 0.717) is 23.6 Å². The molecular weight excluding hydrogens is 301 g/mol. The van der Waals surface area contributed by atoms with Crippen LogP contribution in [0.15, 0.2) is 18.2 Å². The zero-order chi connectivity index (χ0) is 17.2. The largest absolute Gasteiger partial charge is 0.339 e. The van der Waals surface area contributed by atoms with Gasteiger partial charge in [0.05, 0.1) is 5.41 Å². The molecule has 24 heavy (non-hydrogen) atoms. The fourth-order valence-electron chi connectivity index (χ4n) is 4.45. The molecule has 1 unspecified atom stereocenters. The van der Waals surface area contributed by atoms with E-state index in [1.54, 1.807) is 13.0 Å². The van der Waals surface area contributed by atoms with Crippen LogP contribution in [0.2, 0.25) is 0 Å². The summed E-state index contributed by atoms with van der Waals surface area (Å²) in [5, 5.41) is 0. The van der Waals surface area contributed by atoms with Crippen LogP contribution in [-0.2, 0) is 11.2 Å². The minimum Gasteiger partial charge on any atom is -0.339 e. The van der Waals surface area contributed by atoms with Crippen molar-refractivity contribution < 1.29 is 9.18 Å².